The summed E-state index contributed by atoms with van der Waals surface area (Å²) < 4.78 is 51.5. The molecule has 8 N–H and O–H groups in total. The van der Waals surface area contributed by atoms with Gasteiger partial charge in [0.05, 0.1) is 33.6 Å². The van der Waals surface area contributed by atoms with Gasteiger partial charge >= 0.3 is 5.97 Å². The van der Waals surface area contributed by atoms with Gasteiger partial charge in [0.1, 0.15) is 17.2 Å². The van der Waals surface area contributed by atoms with Crippen molar-refractivity contribution in [2.24, 2.45) is 0 Å². The smallest absolute Gasteiger partial charge is 0.358 e. The van der Waals surface area contributed by atoms with E-state index in [-0.39, 0.29) is 63.6 Å². The summed E-state index contributed by atoms with van der Waals surface area (Å²) in [7, 11) is -7.62. The van der Waals surface area contributed by atoms with E-state index in [1.165, 1.54) is 60.9 Å². The molecule has 8 aromatic rings. The molecular formula is C56H54N8O9S2. The maximum absolute atomic E-state index is 12.9. The maximum Gasteiger partial charge on any atom is 0.358 e. The summed E-state index contributed by atoms with van der Waals surface area (Å²) in [5.41, 5.74) is 24.6. The predicted molar refractivity (Wildman–Crippen MR) is 287 cm³/mol. The number of anilines is 3. The standard InChI is InChI=1S/C28H26N4O4S.C16H17NO3S.C12H11N3O2/c1-19-7-12-22(13-8-19)24-18-30-28(29)27(31-24)25(33)17-21-9-14-23(15-10-21)37(35,36)32-26(34)16-11-20-5-3-2-4-6-20;17-14-7-10-16(11-8-14)21(19,20)12-15(18)9-6-13-4-2-1-3-5-13;1-7-2-4-8(5-3-7)9-6-14-11(13)10(15-9)12(16)17/h2-10,12-15,18H,11,16-17H2,1H3,(H2,29,30)(H,32,34);1-5,7-8,10-11H,6,9,12,17H2;2-6H,1H3,(H2,13,14)(H,16,17). The summed E-state index contributed by atoms with van der Waals surface area (Å²) in [5, 5.41) is 8.90. The number of nitrogen functional groups attached to an aromatic ring is 3. The lowest BCUT2D eigenvalue weighted by Gasteiger charge is -2.09. The molecule has 384 valence electrons. The topological polar surface area (TPSA) is 298 Å². The van der Waals surface area contributed by atoms with E-state index in [0.29, 0.717) is 35.5 Å². The van der Waals surface area contributed by atoms with Crippen molar-refractivity contribution in [3.63, 3.8) is 0 Å². The molecule has 19 heteroatoms. The Balaban J connectivity index is 0.000000202. The van der Waals surface area contributed by atoms with Crippen molar-refractivity contribution in [3.05, 3.63) is 209 Å². The molecule has 0 aliphatic rings. The maximum atomic E-state index is 12.9. The molecule has 1 amide bonds. The first kappa shape index (κ1) is 55.4. The Hall–Kier alpha value is -8.94. The number of nitrogens with zero attached hydrogens (tertiary/aromatic N) is 4. The molecular weight excluding hydrogens is 993 g/mol. The van der Waals surface area contributed by atoms with Crippen molar-refractivity contribution < 1.29 is 41.1 Å². The van der Waals surface area contributed by atoms with E-state index >= 15 is 0 Å². The third kappa shape index (κ3) is 16.5. The van der Waals surface area contributed by atoms with Gasteiger partial charge in [0.15, 0.2) is 33.0 Å². The van der Waals surface area contributed by atoms with Gasteiger partial charge in [-0.05, 0) is 79.8 Å². The Kier molecular flexibility index (Phi) is 18.9. The second kappa shape index (κ2) is 25.6. The first-order valence-corrected chi connectivity index (χ1v) is 26.4. The number of Topliss-reactive ketones (excluding diaryl/α,β-unsaturated/α-hetero) is 2. The van der Waals surface area contributed by atoms with Crippen LogP contribution in [-0.2, 0) is 48.7 Å². The summed E-state index contributed by atoms with van der Waals surface area (Å²) in [5.74, 6) is -2.91. The fourth-order valence-electron chi connectivity index (χ4n) is 7.08. The number of benzene rings is 6. The van der Waals surface area contributed by atoms with Gasteiger partial charge < -0.3 is 22.3 Å². The number of carbonyl (C=O) groups excluding carboxylic acids is 3. The molecule has 6 aromatic carbocycles. The minimum atomic E-state index is -4.03. The highest BCUT2D eigenvalue weighted by molar-refractivity contribution is 7.92. The molecule has 0 aliphatic heterocycles. The van der Waals surface area contributed by atoms with Gasteiger partial charge in [0, 0.05) is 36.1 Å². The van der Waals surface area contributed by atoms with Crippen LogP contribution in [0.2, 0.25) is 0 Å². The molecule has 8 rings (SSSR count). The van der Waals surface area contributed by atoms with Crippen LogP contribution in [0.3, 0.4) is 0 Å². The molecule has 0 saturated heterocycles. The van der Waals surface area contributed by atoms with Crippen molar-refractivity contribution in [1.82, 2.24) is 24.7 Å². The molecule has 0 aliphatic carbocycles. The third-order valence-electron chi connectivity index (χ3n) is 11.2. The summed E-state index contributed by atoms with van der Waals surface area (Å²) in [6.45, 7) is 3.95. The van der Waals surface area contributed by atoms with Crippen LogP contribution in [0.5, 0.6) is 0 Å². The minimum Gasteiger partial charge on any atom is -0.476 e. The Morgan fingerprint density at radius 2 is 0.987 bits per heavy atom. The minimum absolute atomic E-state index is 0.0262. The lowest BCUT2D eigenvalue weighted by Crippen LogP contribution is -2.30. The van der Waals surface area contributed by atoms with Gasteiger partial charge in [0.2, 0.25) is 5.91 Å². The summed E-state index contributed by atoms with van der Waals surface area (Å²) >= 11 is 0. The Morgan fingerprint density at radius 3 is 1.48 bits per heavy atom. The number of aryl methyl sites for hydroxylation is 4. The zero-order chi connectivity index (χ0) is 54.1. The first-order valence-electron chi connectivity index (χ1n) is 23.2. The van der Waals surface area contributed by atoms with Gasteiger partial charge in [0.25, 0.3) is 10.0 Å². The highest BCUT2D eigenvalue weighted by Crippen LogP contribution is 2.22. The van der Waals surface area contributed by atoms with Crippen LogP contribution in [0.1, 0.15) is 61.6 Å². The molecule has 2 aromatic heterocycles. The molecule has 0 unspecified atom stereocenters. The van der Waals surface area contributed by atoms with E-state index in [4.69, 9.17) is 22.3 Å². The van der Waals surface area contributed by atoms with E-state index < -0.39 is 37.5 Å². The number of rotatable bonds is 17. The van der Waals surface area contributed by atoms with Crippen LogP contribution in [-0.4, -0.2) is 71.1 Å². The van der Waals surface area contributed by atoms with Gasteiger partial charge in [-0.15, -0.1) is 0 Å². The quantitative estimate of drug-likeness (QED) is 0.0428. The molecule has 2 heterocycles. The number of nitrogens with one attached hydrogen (secondary N) is 1. The summed E-state index contributed by atoms with van der Waals surface area (Å²) in [4.78, 5) is 64.3. The van der Waals surface area contributed by atoms with Crippen LogP contribution in [0, 0.1) is 13.8 Å². The van der Waals surface area contributed by atoms with Crippen molar-refractivity contribution in [1.29, 1.82) is 0 Å². The van der Waals surface area contributed by atoms with E-state index in [9.17, 15) is 36.0 Å². The van der Waals surface area contributed by atoms with Gasteiger partial charge in [-0.3, -0.25) is 14.4 Å². The lowest BCUT2D eigenvalue weighted by molar-refractivity contribution is -0.119. The number of carboxylic acids is 1. The number of carboxylic acid groups (broad SMARTS) is 1. The van der Waals surface area contributed by atoms with Crippen molar-refractivity contribution in [2.45, 2.75) is 55.7 Å². The average Bonchev–Trinajstić information content (AvgIpc) is 3.39. The highest BCUT2D eigenvalue weighted by atomic mass is 32.2. The SMILES string of the molecule is Cc1ccc(-c2cnc(N)c(C(=O)Cc3ccc(S(=O)(=O)NC(=O)CCc4ccccc4)cc3)n2)cc1.Cc1ccc(-c2cnc(N)c(C(=O)O)n2)cc1.Nc1ccc(S(=O)(=O)CC(=O)CCc2ccccc2)cc1. The van der Waals surface area contributed by atoms with Gasteiger partial charge in [-0.1, -0.05) is 132 Å². The molecule has 0 radical (unpaired) electrons. The predicted octanol–water partition coefficient (Wildman–Crippen LogP) is 7.87. The summed E-state index contributed by atoms with van der Waals surface area (Å²) in [6, 6.07) is 45.7. The molecule has 75 heavy (non-hydrogen) atoms. The number of amides is 1. The van der Waals surface area contributed by atoms with E-state index in [0.717, 1.165) is 33.4 Å². The second-order valence-electron chi connectivity index (χ2n) is 17.1. The fraction of sp³-hybridized carbons (Fsp3) is 0.143. The molecule has 0 spiro atoms. The number of nitrogens with two attached hydrogens (primary N) is 3. The number of aromatic carboxylic acids is 1. The molecule has 0 saturated carbocycles. The molecule has 17 nitrogen and oxygen atoms in total. The van der Waals surface area contributed by atoms with Crippen molar-refractivity contribution >= 4 is 60.6 Å². The van der Waals surface area contributed by atoms with E-state index in [1.807, 2.05) is 123 Å². The monoisotopic (exact) mass is 1050 g/mol. The molecule has 0 bridgehead atoms. The zero-order valence-electron chi connectivity index (χ0n) is 41.0. The number of sulfone groups is 1. The number of sulfonamides is 1. The van der Waals surface area contributed by atoms with Crippen molar-refractivity contribution in [2.75, 3.05) is 23.0 Å². The van der Waals surface area contributed by atoms with Gasteiger partial charge in [-0.2, -0.15) is 0 Å². The Bertz CT molecular complexity index is 3490. The van der Waals surface area contributed by atoms with Crippen LogP contribution >= 0.6 is 0 Å². The van der Waals surface area contributed by atoms with Crippen LogP contribution in [0.25, 0.3) is 22.5 Å². The highest BCUT2D eigenvalue weighted by Gasteiger charge is 2.21. The second-order valence-corrected chi connectivity index (χ2v) is 20.8. The van der Waals surface area contributed by atoms with Crippen LogP contribution in [0.4, 0.5) is 17.3 Å². The van der Waals surface area contributed by atoms with E-state index in [1.54, 1.807) is 0 Å². The molecule has 0 atom stereocenters. The zero-order valence-corrected chi connectivity index (χ0v) is 42.6. The first-order chi connectivity index (χ1) is 35.8. The number of ketones is 2. The van der Waals surface area contributed by atoms with Crippen LogP contribution in [0.15, 0.2) is 180 Å². The average molecular weight is 1050 g/mol. The van der Waals surface area contributed by atoms with Gasteiger partial charge in [-0.25, -0.2) is 46.3 Å². The largest absolute Gasteiger partial charge is 0.476 e. The lowest BCUT2D eigenvalue weighted by atomic mass is 10.1. The number of hydrogen-bond donors (Lipinski definition) is 5. The van der Waals surface area contributed by atoms with Crippen LogP contribution < -0.4 is 21.9 Å². The number of carbonyl (C=O) groups is 4. The Morgan fingerprint density at radius 1 is 0.533 bits per heavy atom. The number of hydrogen-bond acceptors (Lipinski definition) is 15. The molecule has 0 fully saturated rings. The Labute approximate surface area is 434 Å². The summed E-state index contributed by atoms with van der Waals surface area (Å²) in [6.07, 6.45) is 4.19. The fourth-order valence-corrected chi connectivity index (χ4v) is 9.37. The van der Waals surface area contributed by atoms with E-state index in [2.05, 4.69) is 24.7 Å². The third-order valence-corrected chi connectivity index (χ3v) is 14.3. The normalized spacial score (nSPS) is 11.0. The van der Waals surface area contributed by atoms with Crippen molar-refractivity contribution in [3.8, 4) is 22.5 Å². The number of aromatic nitrogens is 4.